The van der Waals surface area contributed by atoms with E-state index in [0.29, 0.717) is 33.5 Å². The maximum atomic E-state index is 12.3. The fourth-order valence-corrected chi connectivity index (χ4v) is 2.64. The van der Waals surface area contributed by atoms with Gasteiger partial charge >= 0.3 is 5.97 Å². The molecule has 30 heavy (non-hydrogen) atoms. The molecule has 1 amide bonds. The van der Waals surface area contributed by atoms with Crippen LogP contribution in [0.2, 0.25) is 5.02 Å². The molecule has 0 saturated heterocycles. The molecule has 0 spiro atoms. The van der Waals surface area contributed by atoms with Crippen LogP contribution in [-0.4, -0.2) is 25.1 Å². The summed E-state index contributed by atoms with van der Waals surface area (Å²) in [7, 11) is 1.57. The third-order valence-corrected chi connectivity index (χ3v) is 4.39. The van der Waals surface area contributed by atoms with Gasteiger partial charge < -0.3 is 19.5 Å². The van der Waals surface area contributed by atoms with Crippen molar-refractivity contribution < 1.29 is 23.8 Å². The summed E-state index contributed by atoms with van der Waals surface area (Å²) in [5, 5.41) is 3.35. The minimum atomic E-state index is -0.814. The van der Waals surface area contributed by atoms with Crippen LogP contribution in [0.1, 0.15) is 17.3 Å². The van der Waals surface area contributed by atoms with Gasteiger partial charge in [0, 0.05) is 16.3 Å². The van der Waals surface area contributed by atoms with E-state index in [-0.39, 0.29) is 5.91 Å². The number of carbonyl (C=O) groups excluding carboxylic acids is 2. The highest BCUT2D eigenvalue weighted by Gasteiger charge is 2.18. The molecule has 7 heteroatoms. The fourth-order valence-electron chi connectivity index (χ4n) is 2.52. The molecule has 0 fully saturated rings. The van der Waals surface area contributed by atoms with Crippen molar-refractivity contribution in [2.24, 2.45) is 0 Å². The van der Waals surface area contributed by atoms with E-state index in [4.69, 9.17) is 25.8 Å². The average molecular weight is 426 g/mol. The molecule has 1 N–H and O–H groups in total. The van der Waals surface area contributed by atoms with Crippen LogP contribution in [0.5, 0.6) is 17.2 Å². The number of rotatable bonds is 7. The highest BCUT2D eigenvalue weighted by Crippen LogP contribution is 2.20. The minimum Gasteiger partial charge on any atom is -0.497 e. The lowest BCUT2D eigenvalue weighted by Gasteiger charge is -2.14. The van der Waals surface area contributed by atoms with Crippen molar-refractivity contribution in [3.8, 4) is 17.2 Å². The van der Waals surface area contributed by atoms with Gasteiger partial charge in [-0.3, -0.25) is 4.79 Å². The molecule has 0 saturated carbocycles. The van der Waals surface area contributed by atoms with Crippen LogP contribution in [0.15, 0.2) is 72.8 Å². The summed E-state index contributed by atoms with van der Waals surface area (Å²) in [5.41, 5.74) is 1.05. The first kappa shape index (κ1) is 21.2. The Morgan fingerprint density at radius 2 is 1.40 bits per heavy atom. The summed E-state index contributed by atoms with van der Waals surface area (Å²) in [5.74, 6) is 0.691. The highest BCUT2D eigenvalue weighted by molar-refractivity contribution is 6.30. The van der Waals surface area contributed by atoms with Gasteiger partial charge in [-0.1, -0.05) is 11.6 Å². The van der Waals surface area contributed by atoms with Crippen LogP contribution in [0.4, 0.5) is 5.69 Å². The van der Waals surface area contributed by atoms with Crippen LogP contribution in [0.25, 0.3) is 0 Å². The number of methoxy groups -OCH3 is 1. The molecule has 3 aromatic carbocycles. The summed E-state index contributed by atoms with van der Waals surface area (Å²) in [4.78, 5) is 24.6. The predicted octanol–water partition coefficient (Wildman–Crippen LogP) is 4.97. The predicted molar refractivity (Wildman–Crippen MR) is 115 cm³/mol. The lowest BCUT2D eigenvalue weighted by molar-refractivity contribution is -0.141. The fraction of sp³-hybridized carbons (Fsp3) is 0.130. The molecule has 1 unspecified atom stereocenters. The zero-order valence-corrected chi connectivity index (χ0v) is 17.2. The van der Waals surface area contributed by atoms with E-state index in [9.17, 15) is 9.59 Å². The van der Waals surface area contributed by atoms with E-state index in [1.165, 1.54) is 0 Å². The van der Waals surface area contributed by atoms with E-state index in [2.05, 4.69) is 5.32 Å². The van der Waals surface area contributed by atoms with Gasteiger partial charge in [-0.2, -0.15) is 0 Å². The third kappa shape index (κ3) is 5.75. The molecule has 0 aromatic heterocycles. The molecule has 0 heterocycles. The maximum absolute atomic E-state index is 12.3. The Morgan fingerprint density at radius 1 is 0.833 bits per heavy atom. The number of anilines is 1. The van der Waals surface area contributed by atoms with Crippen molar-refractivity contribution in [2.45, 2.75) is 13.0 Å². The van der Waals surface area contributed by atoms with Crippen molar-refractivity contribution in [1.82, 2.24) is 0 Å². The number of hydrogen-bond donors (Lipinski definition) is 1. The Hall–Kier alpha value is -3.51. The van der Waals surface area contributed by atoms with Crippen LogP contribution in [-0.2, 0) is 4.79 Å². The zero-order chi connectivity index (χ0) is 21.5. The van der Waals surface area contributed by atoms with Gasteiger partial charge in [0.15, 0.2) is 6.10 Å². The summed E-state index contributed by atoms with van der Waals surface area (Å²) in [6.45, 7) is 1.60. The molecular formula is C23H20ClNO5. The number of amides is 1. The first-order valence-corrected chi connectivity index (χ1v) is 9.52. The lowest BCUT2D eigenvalue weighted by atomic mass is 10.2. The quantitative estimate of drug-likeness (QED) is 0.427. The van der Waals surface area contributed by atoms with E-state index in [0.717, 1.165) is 0 Å². The first-order chi connectivity index (χ1) is 14.4. The molecular weight excluding hydrogens is 406 g/mol. The van der Waals surface area contributed by atoms with Gasteiger partial charge in [0.1, 0.15) is 17.2 Å². The smallest absolute Gasteiger partial charge is 0.352 e. The van der Waals surface area contributed by atoms with E-state index in [1.807, 2.05) is 0 Å². The summed E-state index contributed by atoms with van der Waals surface area (Å²) >= 11 is 5.84. The van der Waals surface area contributed by atoms with Crippen molar-refractivity contribution >= 4 is 29.2 Å². The Bertz CT molecular complexity index is 1000. The second-order valence-corrected chi connectivity index (χ2v) is 6.78. The van der Waals surface area contributed by atoms with Gasteiger partial charge in [-0.05, 0) is 79.7 Å². The summed E-state index contributed by atoms with van der Waals surface area (Å²) in [6, 6.07) is 19.9. The van der Waals surface area contributed by atoms with Crippen LogP contribution in [0.3, 0.4) is 0 Å². The molecule has 154 valence electrons. The number of ether oxygens (including phenoxy) is 3. The molecule has 1 atom stereocenters. The van der Waals surface area contributed by atoms with Crippen molar-refractivity contribution in [3.05, 3.63) is 83.4 Å². The van der Waals surface area contributed by atoms with Crippen molar-refractivity contribution in [1.29, 1.82) is 0 Å². The van der Waals surface area contributed by atoms with Crippen LogP contribution >= 0.6 is 11.6 Å². The number of benzene rings is 3. The van der Waals surface area contributed by atoms with Crippen molar-refractivity contribution in [3.63, 3.8) is 0 Å². The van der Waals surface area contributed by atoms with Gasteiger partial charge in [-0.15, -0.1) is 0 Å². The number of carbonyl (C=O) groups is 2. The van der Waals surface area contributed by atoms with Crippen LogP contribution in [0, 0.1) is 0 Å². The number of halogens is 1. The molecule has 0 aliphatic heterocycles. The Kier molecular flexibility index (Phi) is 6.93. The Morgan fingerprint density at radius 3 is 2.00 bits per heavy atom. The molecule has 0 aliphatic rings. The molecule has 0 radical (unpaired) electrons. The Labute approximate surface area is 179 Å². The lowest BCUT2D eigenvalue weighted by Crippen LogP contribution is -2.28. The summed E-state index contributed by atoms with van der Waals surface area (Å²) < 4.78 is 16.0. The molecule has 3 rings (SSSR count). The third-order valence-electron chi connectivity index (χ3n) is 4.14. The van der Waals surface area contributed by atoms with E-state index < -0.39 is 12.1 Å². The zero-order valence-electron chi connectivity index (χ0n) is 16.4. The SMILES string of the molecule is COc1ccc(OC(C)C(=O)Oc2ccc(C(=O)Nc3ccc(Cl)cc3)cc2)cc1. The first-order valence-electron chi connectivity index (χ1n) is 9.14. The maximum Gasteiger partial charge on any atom is 0.352 e. The number of nitrogens with one attached hydrogen (secondary N) is 1. The van der Waals surface area contributed by atoms with Gasteiger partial charge in [0.25, 0.3) is 5.91 Å². The number of hydrogen-bond acceptors (Lipinski definition) is 5. The van der Waals surface area contributed by atoms with Crippen LogP contribution < -0.4 is 19.5 Å². The average Bonchev–Trinajstić information content (AvgIpc) is 2.76. The minimum absolute atomic E-state index is 0.286. The van der Waals surface area contributed by atoms with Gasteiger partial charge in [0.05, 0.1) is 7.11 Å². The standard InChI is InChI=1S/C23H20ClNO5/c1-15(29-20-13-11-19(28-2)12-14-20)23(27)30-21-9-3-16(4-10-21)22(26)25-18-7-5-17(24)6-8-18/h3-15H,1-2H3,(H,25,26). The second kappa shape index (κ2) is 9.80. The largest absolute Gasteiger partial charge is 0.497 e. The topological polar surface area (TPSA) is 73.9 Å². The molecule has 6 nitrogen and oxygen atoms in total. The van der Waals surface area contributed by atoms with Gasteiger partial charge in [-0.25, -0.2) is 4.79 Å². The monoisotopic (exact) mass is 425 g/mol. The molecule has 0 bridgehead atoms. The Balaban J connectivity index is 1.55. The molecule has 0 aliphatic carbocycles. The van der Waals surface area contributed by atoms with Gasteiger partial charge in [0.2, 0.25) is 0 Å². The van der Waals surface area contributed by atoms with E-state index in [1.54, 1.807) is 86.8 Å². The highest BCUT2D eigenvalue weighted by atomic mass is 35.5. The molecule has 3 aromatic rings. The second-order valence-electron chi connectivity index (χ2n) is 6.34. The normalized spacial score (nSPS) is 11.3. The summed E-state index contributed by atoms with van der Waals surface area (Å²) in [6.07, 6.45) is -0.814. The number of esters is 1. The van der Waals surface area contributed by atoms with E-state index >= 15 is 0 Å². The van der Waals surface area contributed by atoms with Crippen molar-refractivity contribution in [2.75, 3.05) is 12.4 Å².